The second-order valence-electron chi connectivity index (χ2n) is 3.16. The molecule has 0 aliphatic rings. The maximum Gasteiger partial charge on any atom is 1.00 e. The third-order valence-corrected chi connectivity index (χ3v) is 1.79. The summed E-state index contributed by atoms with van der Waals surface area (Å²) < 4.78 is 73.0. The predicted molar refractivity (Wildman–Crippen MR) is 45.4 cm³/mol. The van der Waals surface area contributed by atoms with Gasteiger partial charge in [0.1, 0.15) is 0 Å². The molecule has 0 radical (unpaired) electrons. The van der Waals surface area contributed by atoms with E-state index in [1.54, 1.807) is 0 Å². The van der Waals surface area contributed by atoms with Crippen molar-refractivity contribution in [2.75, 3.05) is 0 Å². The van der Waals surface area contributed by atoms with Crippen molar-refractivity contribution in [3.8, 4) is 0 Å². The first-order chi connectivity index (χ1) is 7.10. The van der Waals surface area contributed by atoms with E-state index in [1.807, 2.05) is 0 Å². The van der Waals surface area contributed by atoms with E-state index in [0.717, 1.165) is 0 Å². The molecular weight excluding hydrogens is 276 g/mol. The van der Waals surface area contributed by atoms with Gasteiger partial charge < -0.3 is 12.9 Å². The van der Waals surface area contributed by atoms with Crippen LogP contribution in [0.2, 0.25) is 0 Å². The van der Waals surface area contributed by atoms with Crippen LogP contribution in [0.15, 0.2) is 24.4 Å². The van der Waals surface area contributed by atoms with Crippen LogP contribution in [0.5, 0.6) is 0 Å². The first kappa shape index (κ1) is 17.2. The molecule has 0 aliphatic heterocycles. The average Bonchev–Trinajstić information content (AvgIpc) is 2.49. The van der Waals surface area contributed by atoms with Gasteiger partial charge >= 0.3 is 64.5 Å². The Morgan fingerprint density at radius 2 is 1.88 bits per heavy atom. The molecule has 1 rings (SSSR count). The summed E-state index contributed by atoms with van der Waals surface area (Å²) in [4.78, 5) is 0. The molecule has 0 spiro atoms. The number of hydrogen-bond donors (Lipinski definition) is 0. The van der Waals surface area contributed by atoms with Crippen LogP contribution in [0, 0.1) is 0 Å². The molecule has 17 heavy (non-hydrogen) atoms. The Hall–Kier alpha value is 0.231. The monoisotopic (exact) mass is 282 g/mol. The summed E-state index contributed by atoms with van der Waals surface area (Å²) in [6, 6.07) is 0. The molecule has 2 nitrogen and oxygen atoms in total. The fourth-order valence-corrected chi connectivity index (χ4v) is 0.908. The molecule has 0 unspecified atom stereocenters. The van der Waals surface area contributed by atoms with Crippen LogP contribution in [0.25, 0.3) is 0 Å². The zero-order valence-corrected chi connectivity index (χ0v) is 11.9. The maximum absolute atomic E-state index is 12.1. The van der Waals surface area contributed by atoms with Crippen molar-refractivity contribution >= 4 is 6.98 Å². The van der Waals surface area contributed by atoms with Gasteiger partial charge in [-0.2, -0.15) is 18.3 Å². The van der Waals surface area contributed by atoms with Crippen molar-refractivity contribution in [3.63, 3.8) is 0 Å². The van der Waals surface area contributed by atoms with Gasteiger partial charge in [0.2, 0.25) is 0 Å². The van der Waals surface area contributed by atoms with Crippen LogP contribution >= 0.6 is 0 Å². The minimum atomic E-state index is -5.26. The summed E-state index contributed by atoms with van der Waals surface area (Å²) >= 11 is 0. The van der Waals surface area contributed by atoms with E-state index in [4.69, 9.17) is 0 Å². The molecule has 0 aliphatic carbocycles. The molecule has 0 N–H and O–H groups in total. The molecular formula is C7H6BF6KN2. The number of halogens is 6. The minimum absolute atomic E-state index is 0. The third-order valence-electron chi connectivity index (χ3n) is 1.79. The van der Waals surface area contributed by atoms with E-state index >= 15 is 0 Å². The van der Waals surface area contributed by atoms with E-state index < -0.39 is 30.7 Å². The van der Waals surface area contributed by atoms with Crippen LogP contribution in [0.4, 0.5) is 26.1 Å². The SMILES string of the molecule is C=C(Cn1cc(C(F)(F)F)cn1)[B-](F)(F)F.[K+]. The van der Waals surface area contributed by atoms with Crippen molar-refractivity contribution < 1.29 is 77.5 Å². The molecule has 0 fully saturated rings. The van der Waals surface area contributed by atoms with Gasteiger partial charge in [0.25, 0.3) is 0 Å². The van der Waals surface area contributed by atoms with Crippen molar-refractivity contribution in [2.24, 2.45) is 0 Å². The van der Waals surface area contributed by atoms with E-state index in [-0.39, 0.29) is 51.4 Å². The molecule has 0 bridgehead atoms. The Morgan fingerprint density at radius 1 is 1.35 bits per heavy atom. The van der Waals surface area contributed by atoms with Crippen LogP contribution in [-0.2, 0) is 12.7 Å². The third kappa shape index (κ3) is 5.16. The summed E-state index contributed by atoms with van der Waals surface area (Å²) in [5.74, 6) is 0. The number of hydrogen-bond acceptors (Lipinski definition) is 1. The van der Waals surface area contributed by atoms with Gasteiger partial charge in [-0.25, -0.2) is 0 Å². The Bertz CT molecular complexity index is 396. The smallest absolute Gasteiger partial charge is 0.445 e. The summed E-state index contributed by atoms with van der Waals surface area (Å²) in [5, 5.41) is 3.18. The van der Waals surface area contributed by atoms with Gasteiger partial charge in [-0.1, -0.05) is 0 Å². The van der Waals surface area contributed by atoms with E-state index in [9.17, 15) is 26.1 Å². The molecule has 1 heterocycles. The van der Waals surface area contributed by atoms with E-state index in [2.05, 4.69) is 11.7 Å². The predicted octanol–water partition coefficient (Wildman–Crippen LogP) is -0.151. The summed E-state index contributed by atoms with van der Waals surface area (Å²) in [7, 11) is 0. The van der Waals surface area contributed by atoms with Gasteiger partial charge in [-0.05, 0) is 0 Å². The molecule has 1 aromatic heterocycles. The fraction of sp³-hybridized carbons (Fsp3) is 0.286. The van der Waals surface area contributed by atoms with Crippen molar-refractivity contribution in [3.05, 3.63) is 30.0 Å². The Morgan fingerprint density at radius 3 is 2.24 bits per heavy atom. The quantitative estimate of drug-likeness (QED) is 0.557. The first-order valence-electron chi connectivity index (χ1n) is 4.08. The molecule has 0 saturated carbocycles. The second kappa shape index (κ2) is 5.91. The van der Waals surface area contributed by atoms with Gasteiger partial charge in [0, 0.05) is 12.7 Å². The van der Waals surface area contributed by atoms with E-state index in [1.165, 1.54) is 0 Å². The zero-order valence-electron chi connectivity index (χ0n) is 8.81. The van der Waals surface area contributed by atoms with Crippen LogP contribution in [0.3, 0.4) is 0 Å². The Kier molecular flexibility index (Phi) is 6.00. The number of alkyl halides is 3. The molecule has 0 amide bonds. The number of aromatic nitrogens is 2. The summed E-state index contributed by atoms with van der Waals surface area (Å²) in [6.07, 6.45) is -3.63. The van der Waals surface area contributed by atoms with Gasteiger partial charge in [0.05, 0.1) is 11.8 Å². The van der Waals surface area contributed by atoms with Crippen molar-refractivity contribution in [1.82, 2.24) is 9.78 Å². The molecule has 0 aromatic carbocycles. The van der Waals surface area contributed by atoms with Crippen LogP contribution < -0.4 is 51.4 Å². The summed E-state index contributed by atoms with van der Waals surface area (Å²) in [5.41, 5.74) is -2.19. The van der Waals surface area contributed by atoms with Gasteiger partial charge in [0.15, 0.2) is 0 Å². The zero-order chi connectivity index (χ0) is 12.6. The first-order valence-corrected chi connectivity index (χ1v) is 4.08. The molecule has 0 atom stereocenters. The normalized spacial score (nSPS) is 12.1. The molecule has 0 saturated heterocycles. The molecule has 90 valence electrons. The van der Waals surface area contributed by atoms with Gasteiger partial charge in [-0.15, -0.1) is 12.1 Å². The van der Waals surface area contributed by atoms with E-state index in [0.29, 0.717) is 17.1 Å². The molecule has 1 aromatic rings. The van der Waals surface area contributed by atoms with Gasteiger partial charge in [-0.3, -0.25) is 4.68 Å². The second-order valence-corrected chi connectivity index (χ2v) is 3.16. The standard InChI is InChI=1S/C7H6BF6N2.K/c1-5(8(12,13)14)3-16-4-6(2-15-16)7(9,10)11;/h2,4H,1,3H2;/q-1;+1. The number of rotatable bonds is 3. The number of nitrogens with zero attached hydrogens (tertiary/aromatic N) is 2. The summed E-state index contributed by atoms with van der Waals surface area (Å²) in [6.45, 7) is -3.30. The van der Waals surface area contributed by atoms with Crippen molar-refractivity contribution in [2.45, 2.75) is 12.7 Å². The Labute approximate surface area is 136 Å². The Balaban J connectivity index is 0.00000256. The number of allylic oxidation sites excluding steroid dienone is 1. The average molecular weight is 282 g/mol. The minimum Gasteiger partial charge on any atom is -0.445 e. The topological polar surface area (TPSA) is 17.8 Å². The van der Waals surface area contributed by atoms with Crippen LogP contribution in [0.1, 0.15) is 5.56 Å². The molecule has 10 heteroatoms. The largest absolute Gasteiger partial charge is 1.00 e. The fourth-order valence-electron chi connectivity index (χ4n) is 0.908. The maximum atomic E-state index is 12.1. The van der Waals surface area contributed by atoms with Crippen LogP contribution in [-0.4, -0.2) is 16.8 Å². The van der Waals surface area contributed by atoms with Crippen molar-refractivity contribution in [1.29, 1.82) is 0 Å².